The molecule has 2 aromatic carbocycles. The fourth-order valence-electron chi connectivity index (χ4n) is 2.16. The first-order chi connectivity index (χ1) is 10.0. The molecule has 0 aliphatic rings. The topological polar surface area (TPSA) is 104 Å². The van der Waals surface area contributed by atoms with Crippen molar-refractivity contribution in [1.29, 1.82) is 0 Å². The zero-order valence-corrected chi connectivity index (χ0v) is 12.3. The molecule has 0 atom stereocenters. The first kappa shape index (κ1) is 15.7. The molecule has 0 radical (unpaired) electrons. The van der Waals surface area contributed by atoms with Gasteiger partial charge in [0.25, 0.3) is 0 Å². The van der Waals surface area contributed by atoms with Gasteiger partial charge >= 0.3 is 0 Å². The fraction of sp³-hybridized carbons (Fsp3) is 0.286. The summed E-state index contributed by atoms with van der Waals surface area (Å²) >= 11 is 0. The van der Waals surface area contributed by atoms with Crippen LogP contribution in [0, 0.1) is 0 Å². The normalized spacial score (nSPS) is 12.1. The molecule has 2 aromatic rings. The minimum atomic E-state index is -3.78. The summed E-state index contributed by atoms with van der Waals surface area (Å²) in [7, 11) is -3.78. The van der Waals surface area contributed by atoms with Gasteiger partial charge in [-0.15, -0.1) is 0 Å². The van der Waals surface area contributed by atoms with Gasteiger partial charge in [-0.1, -0.05) is 18.2 Å². The highest BCUT2D eigenvalue weighted by Gasteiger charge is 2.23. The number of nitrogens with zero attached hydrogens (tertiary/aromatic N) is 1. The summed E-state index contributed by atoms with van der Waals surface area (Å²) in [5.41, 5.74) is 6.37. The lowest BCUT2D eigenvalue weighted by Gasteiger charge is -2.20. The molecule has 0 spiro atoms. The van der Waals surface area contributed by atoms with E-state index in [1.54, 1.807) is 18.2 Å². The number of anilines is 1. The van der Waals surface area contributed by atoms with Gasteiger partial charge in [0, 0.05) is 24.2 Å². The van der Waals surface area contributed by atoms with Crippen LogP contribution in [0.1, 0.15) is 0 Å². The Kier molecular flexibility index (Phi) is 4.79. The fourth-order valence-corrected chi connectivity index (χ4v) is 3.61. The number of sulfonamides is 1. The van der Waals surface area contributed by atoms with Crippen LogP contribution in [-0.4, -0.2) is 49.2 Å². The van der Waals surface area contributed by atoms with Crippen molar-refractivity contribution in [1.82, 2.24) is 4.31 Å². The smallest absolute Gasteiger partial charge is 0.243 e. The number of nitrogens with two attached hydrogens (primary N) is 1. The highest BCUT2D eigenvalue weighted by molar-refractivity contribution is 7.89. The first-order valence-electron chi connectivity index (χ1n) is 6.51. The van der Waals surface area contributed by atoms with Crippen LogP contribution in [0.2, 0.25) is 0 Å². The standard InChI is InChI=1S/C14H18N2O4S/c15-14-3-1-2-11-4-5-12(10-13(11)14)21(19,20)16(6-8-17)7-9-18/h1-5,10,17-18H,6-9,15H2. The largest absolute Gasteiger partial charge is 0.398 e. The molecule has 0 aliphatic heterocycles. The van der Waals surface area contributed by atoms with E-state index < -0.39 is 10.0 Å². The number of benzene rings is 2. The van der Waals surface area contributed by atoms with Crippen LogP contribution in [0.5, 0.6) is 0 Å². The maximum absolute atomic E-state index is 12.5. The number of hydrogen-bond acceptors (Lipinski definition) is 5. The highest BCUT2D eigenvalue weighted by atomic mass is 32.2. The maximum atomic E-state index is 12.5. The molecule has 21 heavy (non-hydrogen) atoms. The quantitative estimate of drug-likeness (QED) is 0.670. The molecule has 0 unspecified atom stereocenters. The Morgan fingerprint density at radius 2 is 1.71 bits per heavy atom. The Morgan fingerprint density at radius 1 is 1.05 bits per heavy atom. The van der Waals surface area contributed by atoms with Gasteiger partial charge in [0.1, 0.15) is 0 Å². The van der Waals surface area contributed by atoms with E-state index in [0.29, 0.717) is 11.1 Å². The van der Waals surface area contributed by atoms with Crippen LogP contribution < -0.4 is 5.73 Å². The number of rotatable bonds is 6. The predicted molar refractivity (Wildman–Crippen MR) is 81.3 cm³/mol. The molecule has 0 aromatic heterocycles. The third-order valence-electron chi connectivity index (χ3n) is 3.22. The van der Waals surface area contributed by atoms with Gasteiger partial charge in [0.15, 0.2) is 0 Å². The van der Waals surface area contributed by atoms with Crippen LogP contribution in [0.3, 0.4) is 0 Å². The lowest BCUT2D eigenvalue weighted by Crippen LogP contribution is -2.35. The van der Waals surface area contributed by atoms with Crippen LogP contribution in [0.15, 0.2) is 41.3 Å². The Morgan fingerprint density at radius 3 is 2.33 bits per heavy atom. The van der Waals surface area contributed by atoms with E-state index in [4.69, 9.17) is 15.9 Å². The maximum Gasteiger partial charge on any atom is 0.243 e. The van der Waals surface area contributed by atoms with Crippen molar-refractivity contribution < 1.29 is 18.6 Å². The minimum Gasteiger partial charge on any atom is -0.398 e. The van der Waals surface area contributed by atoms with Gasteiger partial charge in [-0.05, 0) is 23.6 Å². The molecule has 0 amide bonds. The van der Waals surface area contributed by atoms with Crippen molar-refractivity contribution in [3.05, 3.63) is 36.4 Å². The van der Waals surface area contributed by atoms with E-state index >= 15 is 0 Å². The van der Waals surface area contributed by atoms with Gasteiger partial charge in [-0.25, -0.2) is 8.42 Å². The predicted octanol–water partition coefficient (Wildman–Crippen LogP) is 0.397. The summed E-state index contributed by atoms with van der Waals surface area (Å²) < 4.78 is 26.1. The second-order valence-corrected chi connectivity index (χ2v) is 6.52. The zero-order valence-electron chi connectivity index (χ0n) is 11.4. The second-order valence-electron chi connectivity index (χ2n) is 4.58. The molecular formula is C14H18N2O4S. The van der Waals surface area contributed by atoms with Crippen molar-refractivity contribution in [3.8, 4) is 0 Å². The van der Waals surface area contributed by atoms with Crippen LogP contribution >= 0.6 is 0 Å². The van der Waals surface area contributed by atoms with Crippen LogP contribution in [-0.2, 0) is 10.0 Å². The van der Waals surface area contributed by atoms with Crippen molar-refractivity contribution in [2.75, 3.05) is 32.0 Å². The molecule has 0 saturated carbocycles. The monoisotopic (exact) mass is 310 g/mol. The molecule has 0 fully saturated rings. The zero-order chi connectivity index (χ0) is 15.5. The van der Waals surface area contributed by atoms with E-state index in [9.17, 15) is 8.42 Å². The first-order valence-corrected chi connectivity index (χ1v) is 7.95. The molecule has 4 N–H and O–H groups in total. The summed E-state index contributed by atoms with van der Waals surface area (Å²) in [5.74, 6) is 0. The number of aliphatic hydroxyl groups excluding tert-OH is 2. The van der Waals surface area contributed by atoms with E-state index in [1.807, 2.05) is 6.07 Å². The summed E-state index contributed by atoms with van der Waals surface area (Å²) in [4.78, 5) is 0.0924. The molecule has 0 heterocycles. The van der Waals surface area contributed by atoms with Gasteiger partial charge in [0.05, 0.1) is 18.1 Å². The van der Waals surface area contributed by atoms with E-state index in [0.717, 1.165) is 9.69 Å². The van der Waals surface area contributed by atoms with E-state index in [1.165, 1.54) is 12.1 Å². The summed E-state index contributed by atoms with van der Waals surface area (Å²) in [6.07, 6.45) is 0. The Bertz CT molecular complexity index is 725. The Balaban J connectivity index is 2.51. The van der Waals surface area contributed by atoms with Crippen molar-refractivity contribution in [3.63, 3.8) is 0 Å². The molecule has 0 aliphatic carbocycles. The molecule has 6 nitrogen and oxygen atoms in total. The number of aliphatic hydroxyl groups is 2. The average Bonchev–Trinajstić information content (AvgIpc) is 2.47. The summed E-state index contributed by atoms with van der Waals surface area (Å²) in [5, 5.41) is 19.5. The summed E-state index contributed by atoms with van der Waals surface area (Å²) in [6, 6.07) is 10.1. The molecule has 2 rings (SSSR count). The lowest BCUT2D eigenvalue weighted by molar-refractivity contribution is 0.217. The SMILES string of the molecule is Nc1cccc2ccc(S(=O)(=O)N(CCO)CCO)cc12. The second kappa shape index (κ2) is 6.40. The third-order valence-corrected chi connectivity index (χ3v) is 5.12. The van der Waals surface area contributed by atoms with E-state index in [-0.39, 0.29) is 31.2 Å². The third kappa shape index (κ3) is 3.16. The van der Waals surface area contributed by atoms with Gasteiger partial charge in [-0.3, -0.25) is 0 Å². The molecule has 114 valence electrons. The summed E-state index contributed by atoms with van der Waals surface area (Å²) in [6.45, 7) is -0.750. The average molecular weight is 310 g/mol. The van der Waals surface area contributed by atoms with Crippen LogP contribution in [0.25, 0.3) is 10.8 Å². The van der Waals surface area contributed by atoms with Gasteiger partial charge in [-0.2, -0.15) is 4.31 Å². The number of hydrogen-bond donors (Lipinski definition) is 3. The number of nitrogen functional groups attached to an aromatic ring is 1. The van der Waals surface area contributed by atoms with Crippen LogP contribution in [0.4, 0.5) is 5.69 Å². The van der Waals surface area contributed by atoms with Crippen molar-refractivity contribution in [2.24, 2.45) is 0 Å². The van der Waals surface area contributed by atoms with E-state index in [2.05, 4.69) is 0 Å². The molecule has 0 bridgehead atoms. The van der Waals surface area contributed by atoms with Crippen molar-refractivity contribution >= 4 is 26.5 Å². The molecule has 0 saturated heterocycles. The van der Waals surface area contributed by atoms with Crippen molar-refractivity contribution in [2.45, 2.75) is 4.90 Å². The highest BCUT2D eigenvalue weighted by Crippen LogP contribution is 2.25. The Labute approximate surface area is 123 Å². The molecular weight excluding hydrogens is 292 g/mol. The van der Waals surface area contributed by atoms with Gasteiger partial charge < -0.3 is 15.9 Å². The minimum absolute atomic E-state index is 0.0643. The van der Waals surface area contributed by atoms with Gasteiger partial charge in [0.2, 0.25) is 10.0 Å². The Hall–Kier alpha value is -1.67. The lowest BCUT2D eigenvalue weighted by atomic mass is 10.1. The number of fused-ring (bicyclic) bond motifs is 1. The molecule has 7 heteroatoms.